The molecule has 0 heterocycles. The Morgan fingerprint density at radius 1 is 1.20 bits per heavy atom. The molecule has 0 aliphatic heterocycles. The molecule has 5 nitrogen and oxygen atoms in total. The quantitative estimate of drug-likeness (QED) is 0.472. The molecule has 6 heteroatoms. The molecule has 0 rings (SSSR count). The van der Waals surface area contributed by atoms with Crippen LogP contribution in [-0.2, 0) is 9.09 Å². The van der Waals surface area contributed by atoms with E-state index in [1.807, 2.05) is 0 Å². The molecule has 0 radical (unpaired) electrons. The van der Waals surface area contributed by atoms with E-state index >= 15 is 0 Å². The second-order valence-corrected chi connectivity index (χ2v) is 4.70. The van der Waals surface area contributed by atoms with Gasteiger partial charge in [0.2, 0.25) is 0 Å². The maximum atomic E-state index is 10.4. The molecule has 92 valence electrons. The molecule has 0 saturated heterocycles. The van der Waals surface area contributed by atoms with E-state index in [0.717, 1.165) is 32.5 Å². The summed E-state index contributed by atoms with van der Waals surface area (Å²) < 4.78 is 14.7. The van der Waals surface area contributed by atoms with E-state index in [9.17, 15) is 4.57 Å². The molecule has 0 bridgehead atoms. The van der Waals surface area contributed by atoms with Crippen LogP contribution in [0.4, 0.5) is 0 Å². The van der Waals surface area contributed by atoms with Crippen molar-refractivity contribution in [2.24, 2.45) is 0 Å². The lowest BCUT2D eigenvalue weighted by atomic mass is 10.3. The average molecular weight is 239 g/mol. The van der Waals surface area contributed by atoms with Crippen LogP contribution in [0.1, 0.15) is 33.1 Å². The average Bonchev–Trinajstić information content (AvgIpc) is 2.15. The zero-order valence-corrected chi connectivity index (χ0v) is 10.4. The number of nitrogens with zero attached hydrogens (tertiary/aromatic N) is 1. The molecule has 0 saturated carbocycles. The van der Waals surface area contributed by atoms with Gasteiger partial charge in [-0.15, -0.1) is 0 Å². The number of rotatable bonds is 9. The van der Waals surface area contributed by atoms with Gasteiger partial charge in [0, 0.05) is 6.54 Å². The fourth-order valence-corrected chi connectivity index (χ4v) is 1.65. The predicted molar refractivity (Wildman–Crippen MR) is 59.6 cm³/mol. The van der Waals surface area contributed by atoms with Gasteiger partial charge in [-0.3, -0.25) is 4.52 Å². The molecular formula is C9H22NO4P. The van der Waals surface area contributed by atoms with Crippen LogP contribution < -0.4 is 0 Å². The van der Waals surface area contributed by atoms with E-state index in [-0.39, 0.29) is 6.61 Å². The van der Waals surface area contributed by atoms with Crippen LogP contribution in [0.15, 0.2) is 0 Å². The zero-order valence-electron chi connectivity index (χ0n) is 9.56. The van der Waals surface area contributed by atoms with E-state index in [0.29, 0.717) is 6.42 Å². The van der Waals surface area contributed by atoms with Crippen LogP contribution in [0.5, 0.6) is 0 Å². The molecule has 0 amide bonds. The normalized spacial score (nSPS) is 12.3. The van der Waals surface area contributed by atoms with Crippen molar-refractivity contribution in [3.05, 3.63) is 0 Å². The second kappa shape index (κ2) is 8.25. The van der Waals surface area contributed by atoms with Crippen LogP contribution in [-0.4, -0.2) is 40.9 Å². The molecule has 0 aromatic carbocycles. The SMILES string of the molecule is CCCCN(CC)CCCOP(=O)(O)O. The molecule has 0 fully saturated rings. The van der Waals surface area contributed by atoms with E-state index in [1.54, 1.807) is 0 Å². The third kappa shape index (κ3) is 10.4. The molecule has 2 N–H and O–H groups in total. The van der Waals surface area contributed by atoms with E-state index in [4.69, 9.17) is 9.79 Å². The molecular weight excluding hydrogens is 217 g/mol. The van der Waals surface area contributed by atoms with Gasteiger partial charge in [-0.05, 0) is 25.9 Å². The third-order valence-electron chi connectivity index (χ3n) is 2.15. The molecule has 0 aromatic heterocycles. The Morgan fingerprint density at radius 2 is 1.80 bits per heavy atom. The van der Waals surface area contributed by atoms with E-state index < -0.39 is 7.82 Å². The fraction of sp³-hybridized carbons (Fsp3) is 1.00. The summed E-state index contributed by atoms with van der Waals surface area (Å²) in [5.41, 5.74) is 0. The van der Waals surface area contributed by atoms with Gasteiger partial charge in [0.05, 0.1) is 6.61 Å². The molecule has 15 heavy (non-hydrogen) atoms. The first-order chi connectivity index (χ1) is 6.99. The number of hydrogen-bond acceptors (Lipinski definition) is 3. The number of phosphoric acid groups is 1. The fourth-order valence-electron chi connectivity index (χ4n) is 1.28. The third-order valence-corrected chi connectivity index (χ3v) is 2.67. The van der Waals surface area contributed by atoms with Crippen molar-refractivity contribution in [2.45, 2.75) is 33.1 Å². The minimum absolute atomic E-state index is 0.118. The zero-order chi connectivity index (χ0) is 11.7. The van der Waals surface area contributed by atoms with Crippen molar-refractivity contribution in [1.29, 1.82) is 0 Å². The van der Waals surface area contributed by atoms with Crippen molar-refractivity contribution in [1.82, 2.24) is 4.90 Å². The first-order valence-electron chi connectivity index (χ1n) is 5.42. The summed E-state index contributed by atoms with van der Waals surface area (Å²) in [6.07, 6.45) is 2.98. The largest absolute Gasteiger partial charge is 0.469 e. The Hall–Kier alpha value is 0.0700. The Morgan fingerprint density at radius 3 is 2.27 bits per heavy atom. The molecule has 0 atom stereocenters. The first-order valence-corrected chi connectivity index (χ1v) is 6.95. The van der Waals surface area contributed by atoms with E-state index in [2.05, 4.69) is 23.3 Å². The van der Waals surface area contributed by atoms with Gasteiger partial charge in [0.25, 0.3) is 0 Å². The molecule has 0 spiro atoms. The Kier molecular flexibility index (Phi) is 8.29. The molecule has 0 aliphatic rings. The summed E-state index contributed by atoms with van der Waals surface area (Å²) in [6, 6.07) is 0. The van der Waals surface area contributed by atoms with Crippen molar-refractivity contribution < 1.29 is 18.9 Å². The Bertz CT molecular complexity index is 195. The maximum Gasteiger partial charge on any atom is 0.469 e. The summed E-state index contributed by atoms with van der Waals surface area (Å²) in [5, 5.41) is 0. The highest BCUT2D eigenvalue weighted by Crippen LogP contribution is 2.35. The van der Waals surface area contributed by atoms with Gasteiger partial charge in [0.15, 0.2) is 0 Å². The Balaban J connectivity index is 3.50. The predicted octanol–water partition coefficient (Wildman–Crippen LogP) is 1.61. The van der Waals surface area contributed by atoms with Crippen molar-refractivity contribution in [3.63, 3.8) is 0 Å². The van der Waals surface area contributed by atoms with Crippen molar-refractivity contribution in [3.8, 4) is 0 Å². The lowest BCUT2D eigenvalue weighted by Crippen LogP contribution is -2.26. The monoisotopic (exact) mass is 239 g/mol. The first kappa shape index (κ1) is 15.1. The lowest BCUT2D eigenvalue weighted by Gasteiger charge is -2.19. The van der Waals surface area contributed by atoms with Crippen molar-refractivity contribution >= 4 is 7.82 Å². The van der Waals surface area contributed by atoms with Gasteiger partial charge in [-0.25, -0.2) is 4.57 Å². The van der Waals surface area contributed by atoms with Gasteiger partial charge >= 0.3 is 7.82 Å². The minimum atomic E-state index is -4.27. The van der Waals surface area contributed by atoms with Gasteiger partial charge in [-0.1, -0.05) is 20.3 Å². The van der Waals surface area contributed by atoms with Gasteiger partial charge in [0.1, 0.15) is 0 Å². The molecule has 0 unspecified atom stereocenters. The van der Waals surface area contributed by atoms with Gasteiger partial charge < -0.3 is 14.7 Å². The molecule has 0 aliphatic carbocycles. The summed E-state index contributed by atoms with van der Waals surface area (Å²) in [6.45, 7) is 7.19. The summed E-state index contributed by atoms with van der Waals surface area (Å²) >= 11 is 0. The van der Waals surface area contributed by atoms with Crippen LogP contribution in [0, 0.1) is 0 Å². The minimum Gasteiger partial charge on any atom is -0.304 e. The number of phosphoric ester groups is 1. The van der Waals surface area contributed by atoms with Gasteiger partial charge in [-0.2, -0.15) is 0 Å². The maximum absolute atomic E-state index is 10.4. The van der Waals surface area contributed by atoms with Crippen LogP contribution in [0.3, 0.4) is 0 Å². The summed E-state index contributed by atoms with van der Waals surface area (Å²) in [7, 11) is -4.27. The standard InChI is InChI=1S/C9H22NO4P/c1-3-5-7-10(4-2)8-6-9-14-15(11,12)13/h3-9H2,1-2H3,(H2,11,12,13). The highest BCUT2D eigenvalue weighted by molar-refractivity contribution is 7.46. The second-order valence-electron chi connectivity index (χ2n) is 3.47. The number of unbranched alkanes of at least 4 members (excludes halogenated alkanes) is 1. The topological polar surface area (TPSA) is 70.0 Å². The van der Waals surface area contributed by atoms with E-state index in [1.165, 1.54) is 0 Å². The van der Waals surface area contributed by atoms with Crippen LogP contribution in [0.25, 0.3) is 0 Å². The van der Waals surface area contributed by atoms with Crippen molar-refractivity contribution in [2.75, 3.05) is 26.2 Å². The summed E-state index contributed by atoms with van der Waals surface area (Å²) in [4.78, 5) is 19.2. The highest BCUT2D eigenvalue weighted by Gasteiger charge is 2.12. The summed E-state index contributed by atoms with van der Waals surface area (Å²) in [5.74, 6) is 0. The van der Waals surface area contributed by atoms with Crippen LogP contribution >= 0.6 is 7.82 Å². The smallest absolute Gasteiger partial charge is 0.304 e. The molecule has 0 aromatic rings. The van der Waals surface area contributed by atoms with Crippen LogP contribution in [0.2, 0.25) is 0 Å². The lowest BCUT2D eigenvalue weighted by molar-refractivity contribution is 0.180. The highest BCUT2D eigenvalue weighted by atomic mass is 31.2. The Labute approximate surface area is 91.7 Å². The number of hydrogen-bond donors (Lipinski definition) is 2.